The summed E-state index contributed by atoms with van der Waals surface area (Å²) >= 11 is 0. The quantitative estimate of drug-likeness (QED) is 0.708. The van der Waals surface area contributed by atoms with Crippen molar-refractivity contribution in [3.8, 4) is 0 Å². The van der Waals surface area contributed by atoms with E-state index >= 15 is 0 Å². The molecule has 1 aromatic rings. The summed E-state index contributed by atoms with van der Waals surface area (Å²) in [6.07, 6.45) is 2.87. The molecule has 0 saturated carbocycles. The van der Waals surface area contributed by atoms with Crippen molar-refractivity contribution in [2.75, 3.05) is 33.8 Å². The van der Waals surface area contributed by atoms with Gasteiger partial charge in [0, 0.05) is 20.2 Å². The zero-order valence-electron chi connectivity index (χ0n) is 13.5. The maximum atomic E-state index is 12.2. The summed E-state index contributed by atoms with van der Waals surface area (Å²) in [7, 11) is 3.83. The molecule has 0 aliphatic carbocycles. The van der Waals surface area contributed by atoms with Crippen LogP contribution in [0.15, 0.2) is 24.3 Å². The molecule has 1 aromatic carbocycles. The molecule has 0 unspecified atom stereocenters. The van der Waals surface area contributed by atoms with Crippen LogP contribution in [0, 0.1) is 6.92 Å². The molecule has 0 heterocycles. The van der Waals surface area contributed by atoms with Crippen LogP contribution in [0.3, 0.4) is 0 Å². The Morgan fingerprint density at radius 1 is 1.14 bits per heavy atom. The van der Waals surface area contributed by atoms with Crippen LogP contribution in [0.5, 0.6) is 0 Å². The van der Waals surface area contributed by atoms with Crippen LogP contribution in [0.1, 0.15) is 30.4 Å². The van der Waals surface area contributed by atoms with Crippen LogP contribution >= 0.6 is 0 Å². The molecular weight excluding hydrogens is 264 g/mol. The predicted molar refractivity (Wildman–Crippen MR) is 86.1 cm³/mol. The molecule has 4 nitrogen and oxygen atoms in total. The van der Waals surface area contributed by atoms with Crippen molar-refractivity contribution in [2.45, 2.75) is 32.7 Å². The van der Waals surface area contributed by atoms with E-state index in [2.05, 4.69) is 19.1 Å². The molecule has 1 rings (SSSR count). The van der Waals surface area contributed by atoms with Crippen LogP contribution in [-0.4, -0.2) is 54.6 Å². The molecule has 0 spiro atoms. The third-order valence-corrected chi connectivity index (χ3v) is 3.70. The summed E-state index contributed by atoms with van der Waals surface area (Å²) < 4.78 is 0. The number of aryl methyl sites for hydroxylation is 1. The zero-order chi connectivity index (χ0) is 15.7. The first-order valence-electron chi connectivity index (χ1n) is 7.62. The Bertz CT molecular complexity index is 435. The number of carbonyl (C=O) groups is 1. The minimum atomic E-state index is 0.142. The fourth-order valence-corrected chi connectivity index (χ4v) is 2.23. The number of hydrogen-bond acceptors (Lipinski definition) is 3. The number of amides is 1. The third kappa shape index (κ3) is 6.74. The first-order valence-corrected chi connectivity index (χ1v) is 7.62. The van der Waals surface area contributed by atoms with Gasteiger partial charge in [0.1, 0.15) is 0 Å². The van der Waals surface area contributed by atoms with E-state index in [0.717, 1.165) is 25.8 Å². The lowest BCUT2D eigenvalue weighted by Gasteiger charge is -2.22. The maximum absolute atomic E-state index is 12.2. The molecule has 0 bridgehead atoms. The SMILES string of the molecule is Cc1ccccc1CN(C)C(=O)CN(C)CCCCCO. The monoisotopic (exact) mass is 292 g/mol. The lowest BCUT2D eigenvalue weighted by molar-refractivity contribution is -0.131. The predicted octanol–water partition coefficient (Wildman–Crippen LogP) is 2.05. The van der Waals surface area contributed by atoms with E-state index in [1.807, 2.05) is 31.1 Å². The van der Waals surface area contributed by atoms with Crippen molar-refractivity contribution in [1.29, 1.82) is 0 Å². The van der Waals surface area contributed by atoms with E-state index < -0.39 is 0 Å². The maximum Gasteiger partial charge on any atom is 0.236 e. The number of rotatable bonds is 9. The van der Waals surface area contributed by atoms with Crippen LogP contribution in [0.2, 0.25) is 0 Å². The van der Waals surface area contributed by atoms with E-state index in [4.69, 9.17) is 5.11 Å². The Kier molecular flexibility index (Phi) is 8.01. The van der Waals surface area contributed by atoms with Crippen molar-refractivity contribution < 1.29 is 9.90 Å². The lowest BCUT2D eigenvalue weighted by Crippen LogP contribution is -2.36. The molecule has 0 radical (unpaired) electrons. The summed E-state index contributed by atoms with van der Waals surface area (Å²) in [5.74, 6) is 0.142. The average Bonchev–Trinajstić information content (AvgIpc) is 2.46. The summed E-state index contributed by atoms with van der Waals surface area (Å²) in [6.45, 7) is 4.32. The first-order chi connectivity index (χ1) is 10.0. The zero-order valence-corrected chi connectivity index (χ0v) is 13.5. The molecule has 1 N–H and O–H groups in total. The highest BCUT2D eigenvalue weighted by Gasteiger charge is 2.12. The van der Waals surface area contributed by atoms with Crippen molar-refractivity contribution in [2.24, 2.45) is 0 Å². The Morgan fingerprint density at radius 3 is 2.52 bits per heavy atom. The largest absolute Gasteiger partial charge is 0.396 e. The summed E-state index contributed by atoms with van der Waals surface area (Å²) in [5, 5.41) is 8.74. The molecule has 0 aromatic heterocycles. The Balaban J connectivity index is 2.35. The van der Waals surface area contributed by atoms with Gasteiger partial charge in [-0.15, -0.1) is 0 Å². The van der Waals surface area contributed by atoms with Gasteiger partial charge in [0.25, 0.3) is 0 Å². The van der Waals surface area contributed by atoms with Crippen molar-refractivity contribution >= 4 is 5.91 Å². The van der Waals surface area contributed by atoms with Gasteiger partial charge in [0.05, 0.1) is 6.54 Å². The van der Waals surface area contributed by atoms with E-state index in [-0.39, 0.29) is 12.5 Å². The van der Waals surface area contributed by atoms with Gasteiger partial charge in [-0.3, -0.25) is 9.69 Å². The number of benzene rings is 1. The van der Waals surface area contributed by atoms with Crippen molar-refractivity contribution in [1.82, 2.24) is 9.80 Å². The fourth-order valence-electron chi connectivity index (χ4n) is 2.23. The normalized spacial score (nSPS) is 10.9. The van der Waals surface area contributed by atoms with Gasteiger partial charge in [-0.25, -0.2) is 0 Å². The lowest BCUT2D eigenvalue weighted by atomic mass is 10.1. The summed E-state index contributed by atoms with van der Waals surface area (Å²) in [4.78, 5) is 16.0. The number of hydrogen-bond donors (Lipinski definition) is 1. The number of nitrogens with zero attached hydrogens (tertiary/aromatic N) is 2. The van der Waals surface area contributed by atoms with Crippen molar-refractivity contribution in [3.63, 3.8) is 0 Å². The van der Waals surface area contributed by atoms with Crippen LogP contribution in [0.4, 0.5) is 0 Å². The van der Waals surface area contributed by atoms with Gasteiger partial charge in [0.2, 0.25) is 5.91 Å². The molecule has 4 heteroatoms. The van der Waals surface area contributed by atoms with Gasteiger partial charge >= 0.3 is 0 Å². The molecule has 0 aliphatic rings. The standard InChI is InChI=1S/C17H28N2O2/c1-15-9-5-6-10-16(15)13-19(3)17(21)14-18(2)11-7-4-8-12-20/h5-6,9-10,20H,4,7-8,11-14H2,1-3H3. The van der Waals surface area contributed by atoms with Gasteiger partial charge in [-0.2, -0.15) is 0 Å². The second-order valence-corrected chi connectivity index (χ2v) is 5.70. The van der Waals surface area contributed by atoms with E-state index in [0.29, 0.717) is 13.1 Å². The summed E-state index contributed by atoms with van der Waals surface area (Å²) in [5.41, 5.74) is 2.41. The number of unbranched alkanes of at least 4 members (excludes halogenated alkanes) is 2. The van der Waals surface area contributed by atoms with Crippen molar-refractivity contribution in [3.05, 3.63) is 35.4 Å². The molecular formula is C17H28N2O2. The number of likely N-dealkylation sites (N-methyl/N-ethyl adjacent to an activating group) is 2. The summed E-state index contributed by atoms with van der Waals surface area (Å²) in [6, 6.07) is 8.16. The van der Waals surface area contributed by atoms with E-state index in [9.17, 15) is 4.79 Å². The van der Waals surface area contributed by atoms with Crippen LogP contribution in [-0.2, 0) is 11.3 Å². The van der Waals surface area contributed by atoms with Crippen LogP contribution in [0.25, 0.3) is 0 Å². The fraction of sp³-hybridized carbons (Fsp3) is 0.588. The third-order valence-electron chi connectivity index (χ3n) is 3.70. The van der Waals surface area contributed by atoms with E-state index in [1.54, 1.807) is 4.90 Å². The average molecular weight is 292 g/mol. The van der Waals surface area contributed by atoms with Gasteiger partial charge in [0.15, 0.2) is 0 Å². The smallest absolute Gasteiger partial charge is 0.236 e. The molecule has 21 heavy (non-hydrogen) atoms. The highest BCUT2D eigenvalue weighted by atomic mass is 16.2. The number of aliphatic hydroxyl groups is 1. The Hall–Kier alpha value is -1.39. The second-order valence-electron chi connectivity index (χ2n) is 5.70. The Morgan fingerprint density at radius 2 is 1.86 bits per heavy atom. The molecule has 0 saturated heterocycles. The van der Waals surface area contributed by atoms with Crippen LogP contribution < -0.4 is 0 Å². The van der Waals surface area contributed by atoms with E-state index in [1.165, 1.54) is 11.1 Å². The molecule has 0 fully saturated rings. The van der Waals surface area contributed by atoms with Gasteiger partial charge in [-0.05, 0) is 50.9 Å². The highest BCUT2D eigenvalue weighted by molar-refractivity contribution is 5.78. The molecule has 118 valence electrons. The minimum absolute atomic E-state index is 0.142. The first kappa shape index (κ1) is 17.7. The van der Waals surface area contributed by atoms with Gasteiger partial charge in [-0.1, -0.05) is 24.3 Å². The second kappa shape index (κ2) is 9.53. The molecule has 0 aliphatic heterocycles. The number of carbonyl (C=O) groups excluding carboxylic acids is 1. The molecule has 0 atom stereocenters. The topological polar surface area (TPSA) is 43.8 Å². The highest BCUT2D eigenvalue weighted by Crippen LogP contribution is 2.09. The van der Waals surface area contributed by atoms with Gasteiger partial charge < -0.3 is 10.0 Å². The Labute approximate surface area is 128 Å². The number of aliphatic hydroxyl groups excluding tert-OH is 1. The molecule has 1 amide bonds. The minimum Gasteiger partial charge on any atom is -0.396 e.